The molecule has 0 unspecified atom stereocenters. The number of rotatable bonds is 2. The van der Waals surface area contributed by atoms with Gasteiger partial charge in [0.15, 0.2) is 0 Å². The fourth-order valence-electron chi connectivity index (χ4n) is 0.947. The van der Waals surface area contributed by atoms with Gasteiger partial charge in [-0.05, 0) is 12.5 Å². The molecule has 0 aromatic rings. The van der Waals surface area contributed by atoms with Crippen LogP contribution in [-0.2, 0) is 0 Å². The third-order valence-electron chi connectivity index (χ3n) is 1.44. The van der Waals surface area contributed by atoms with Crippen molar-refractivity contribution in [3.8, 4) is 0 Å². The molecule has 54 valence electrons. The molecule has 1 aliphatic rings. The van der Waals surface area contributed by atoms with Crippen molar-refractivity contribution in [2.75, 3.05) is 6.54 Å². The van der Waals surface area contributed by atoms with Gasteiger partial charge in [0.05, 0.1) is 6.54 Å². The Kier molecular flexibility index (Phi) is 2.94. The summed E-state index contributed by atoms with van der Waals surface area (Å²) < 4.78 is 0. The maximum Gasteiger partial charge on any atom is 0.0576 e. The molecule has 0 amide bonds. The van der Waals surface area contributed by atoms with Gasteiger partial charge < -0.3 is 0 Å². The summed E-state index contributed by atoms with van der Waals surface area (Å²) in [6.45, 7) is 3.02. The minimum Gasteiger partial charge on any atom is -0.286 e. The Morgan fingerprint density at radius 1 is 1.50 bits per heavy atom. The Balaban J connectivity index is 2.51. The van der Waals surface area contributed by atoms with Crippen molar-refractivity contribution < 1.29 is 0 Å². The van der Waals surface area contributed by atoms with Crippen LogP contribution in [0.25, 0.3) is 0 Å². The van der Waals surface area contributed by atoms with E-state index in [1.54, 1.807) is 0 Å². The molecule has 1 rings (SSSR count). The van der Waals surface area contributed by atoms with E-state index in [9.17, 15) is 0 Å². The maximum atomic E-state index is 4.36. The van der Waals surface area contributed by atoms with Gasteiger partial charge in [0.2, 0.25) is 0 Å². The lowest BCUT2D eigenvalue weighted by atomic mass is 10.2. The zero-order valence-corrected chi connectivity index (χ0v) is 6.38. The second-order valence-corrected chi connectivity index (χ2v) is 2.37. The molecule has 0 saturated heterocycles. The van der Waals surface area contributed by atoms with Crippen LogP contribution in [0.15, 0.2) is 29.3 Å². The van der Waals surface area contributed by atoms with Crippen LogP contribution in [0.3, 0.4) is 0 Å². The van der Waals surface area contributed by atoms with E-state index >= 15 is 0 Å². The monoisotopic (exact) mass is 135 g/mol. The first-order valence-electron chi connectivity index (χ1n) is 3.80. The number of aliphatic imine (C=N–C) groups is 1. The maximum absolute atomic E-state index is 4.36. The Morgan fingerprint density at radius 2 is 2.40 bits per heavy atom. The molecule has 0 spiro atoms. The number of nitrogens with zero attached hydrogens (tertiary/aromatic N) is 1. The molecule has 0 aliphatic carbocycles. The first-order valence-corrected chi connectivity index (χ1v) is 3.80. The van der Waals surface area contributed by atoms with Crippen molar-refractivity contribution in [1.29, 1.82) is 0 Å². The molecular weight excluding hydrogens is 122 g/mol. The number of allylic oxidation sites excluding steroid dienone is 3. The smallest absolute Gasteiger partial charge is 0.0576 e. The van der Waals surface area contributed by atoms with Gasteiger partial charge in [-0.1, -0.05) is 31.6 Å². The highest BCUT2D eigenvalue weighted by atomic mass is 14.7. The molecule has 0 aromatic carbocycles. The van der Waals surface area contributed by atoms with Crippen LogP contribution in [0.4, 0.5) is 0 Å². The van der Waals surface area contributed by atoms with E-state index < -0.39 is 0 Å². The molecule has 10 heavy (non-hydrogen) atoms. The predicted molar refractivity (Wildman–Crippen MR) is 45.5 cm³/mol. The lowest BCUT2D eigenvalue weighted by Gasteiger charge is -1.94. The van der Waals surface area contributed by atoms with Crippen LogP contribution in [0.5, 0.6) is 0 Å². The fourth-order valence-corrected chi connectivity index (χ4v) is 0.947. The van der Waals surface area contributed by atoms with Crippen molar-refractivity contribution in [3.05, 3.63) is 24.3 Å². The predicted octanol–water partition coefficient (Wildman–Crippen LogP) is 2.35. The van der Waals surface area contributed by atoms with Gasteiger partial charge in [0, 0.05) is 5.71 Å². The highest BCUT2D eigenvalue weighted by Gasteiger charge is 1.91. The lowest BCUT2D eigenvalue weighted by Crippen LogP contribution is -1.92. The van der Waals surface area contributed by atoms with Gasteiger partial charge in [-0.25, -0.2) is 0 Å². The standard InChI is InChI=1S/C9H13N/c1-2-6-9-7-4-3-5-8-10-9/h3-5,7H,2,6,8H2,1H3. The van der Waals surface area contributed by atoms with Gasteiger partial charge in [-0.15, -0.1) is 0 Å². The topological polar surface area (TPSA) is 12.4 Å². The quantitative estimate of drug-likeness (QED) is 0.551. The van der Waals surface area contributed by atoms with Gasteiger partial charge in [0.25, 0.3) is 0 Å². The average Bonchev–Trinajstić information content (AvgIpc) is 2.17. The summed E-state index contributed by atoms with van der Waals surface area (Å²) in [5.74, 6) is 0. The van der Waals surface area contributed by atoms with E-state index in [0.717, 1.165) is 13.0 Å². The van der Waals surface area contributed by atoms with E-state index in [0.29, 0.717) is 0 Å². The second kappa shape index (κ2) is 4.04. The zero-order valence-electron chi connectivity index (χ0n) is 6.38. The summed E-state index contributed by atoms with van der Waals surface area (Å²) in [5.41, 5.74) is 1.23. The molecule has 1 aliphatic heterocycles. The van der Waals surface area contributed by atoms with E-state index in [4.69, 9.17) is 0 Å². The van der Waals surface area contributed by atoms with Crippen LogP contribution in [0.1, 0.15) is 19.8 Å². The van der Waals surface area contributed by atoms with Gasteiger partial charge in [-0.3, -0.25) is 4.99 Å². The average molecular weight is 135 g/mol. The summed E-state index contributed by atoms with van der Waals surface area (Å²) >= 11 is 0. The highest BCUT2D eigenvalue weighted by Crippen LogP contribution is 1.98. The van der Waals surface area contributed by atoms with Crippen molar-refractivity contribution in [3.63, 3.8) is 0 Å². The molecule has 1 heteroatoms. The third kappa shape index (κ3) is 2.18. The van der Waals surface area contributed by atoms with Crippen LogP contribution in [0.2, 0.25) is 0 Å². The van der Waals surface area contributed by atoms with E-state index in [1.165, 1.54) is 12.1 Å². The van der Waals surface area contributed by atoms with E-state index in [1.807, 2.05) is 6.08 Å². The minimum atomic E-state index is 0.850. The highest BCUT2D eigenvalue weighted by molar-refractivity contribution is 5.95. The SMILES string of the molecule is CCCC1=NCC=CC=C1. The molecule has 0 bridgehead atoms. The van der Waals surface area contributed by atoms with Crippen molar-refractivity contribution in [2.24, 2.45) is 4.99 Å². The van der Waals surface area contributed by atoms with Gasteiger partial charge >= 0.3 is 0 Å². The Hall–Kier alpha value is -0.850. The third-order valence-corrected chi connectivity index (χ3v) is 1.44. The van der Waals surface area contributed by atoms with Crippen LogP contribution < -0.4 is 0 Å². The zero-order chi connectivity index (χ0) is 7.23. The lowest BCUT2D eigenvalue weighted by molar-refractivity contribution is 0.988. The normalized spacial score (nSPS) is 16.7. The largest absolute Gasteiger partial charge is 0.286 e. The van der Waals surface area contributed by atoms with Crippen LogP contribution in [0, 0.1) is 0 Å². The minimum absolute atomic E-state index is 0.850. The first-order chi connectivity index (χ1) is 4.93. The molecule has 0 N–H and O–H groups in total. The molecule has 0 saturated carbocycles. The molecular formula is C9H13N. The number of hydrogen-bond donors (Lipinski definition) is 0. The van der Waals surface area contributed by atoms with Crippen LogP contribution in [-0.4, -0.2) is 12.3 Å². The summed E-state index contributed by atoms with van der Waals surface area (Å²) in [7, 11) is 0. The molecule has 0 fully saturated rings. The molecule has 0 aromatic heterocycles. The molecule has 1 heterocycles. The van der Waals surface area contributed by atoms with Crippen molar-refractivity contribution >= 4 is 5.71 Å². The van der Waals surface area contributed by atoms with Gasteiger partial charge in [-0.2, -0.15) is 0 Å². The first kappa shape index (κ1) is 7.26. The summed E-state index contributed by atoms with van der Waals surface area (Å²) in [5, 5.41) is 0. The molecule has 1 nitrogen and oxygen atoms in total. The van der Waals surface area contributed by atoms with Gasteiger partial charge in [0.1, 0.15) is 0 Å². The second-order valence-electron chi connectivity index (χ2n) is 2.37. The van der Waals surface area contributed by atoms with E-state index in [2.05, 4.69) is 30.1 Å². The van der Waals surface area contributed by atoms with Crippen molar-refractivity contribution in [1.82, 2.24) is 0 Å². The van der Waals surface area contributed by atoms with Crippen LogP contribution >= 0.6 is 0 Å². The fraction of sp³-hybridized carbons (Fsp3) is 0.444. The van der Waals surface area contributed by atoms with E-state index in [-0.39, 0.29) is 0 Å². The summed E-state index contributed by atoms with van der Waals surface area (Å²) in [6, 6.07) is 0. The Morgan fingerprint density at radius 3 is 3.20 bits per heavy atom. The summed E-state index contributed by atoms with van der Waals surface area (Å²) in [4.78, 5) is 4.36. The Labute approximate surface area is 62.2 Å². The summed E-state index contributed by atoms with van der Waals surface area (Å²) in [6.07, 6.45) is 10.6. The molecule has 0 atom stereocenters. The van der Waals surface area contributed by atoms with Crippen molar-refractivity contribution in [2.45, 2.75) is 19.8 Å². The Bertz CT molecular complexity index is 175. The number of hydrogen-bond acceptors (Lipinski definition) is 1. The molecule has 0 radical (unpaired) electrons.